The molecule has 2 atom stereocenters. The molecule has 0 spiro atoms. The molecule has 1 aromatic carbocycles. The van der Waals surface area contributed by atoms with Crippen LogP contribution in [0, 0.1) is 0 Å². The number of ether oxygens (including phenoxy) is 1. The fourth-order valence-electron chi connectivity index (χ4n) is 3.27. The first-order valence-corrected chi connectivity index (χ1v) is 8.39. The lowest BCUT2D eigenvalue weighted by molar-refractivity contribution is 0.287. The maximum absolute atomic E-state index is 5.87. The van der Waals surface area contributed by atoms with Crippen LogP contribution in [0.3, 0.4) is 0 Å². The molecule has 2 aliphatic rings. The van der Waals surface area contributed by atoms with Crippen LogP contribution in [-0.4, -0.2) is 37.7 Å². The topological polar surface area (TPSA) is 24.5 Å². The highest BCUT2D eigenvalue weighted by atomic mass is 79.9. The smallest absolute Gasteiger partial charge is 0.125 e. The van der Waals surface area contributed by atoms with Crippen LogP contribution in [0.2, 0.25) is 0 Å². The van der Waals surface area contributed by atoms with Gasteiger partial charge in [0.2, 0.25) is 0 Å². The second-order valence-electron chi connectivity index (χ2n) is 5.91. The van der Waals surface area contributed by atoms with E-state index >= 15 is 0 Å². The molecule has 1 saturated heterocycles. The second-order valence-corrected chi connectivity index (χ2v) is 6.83. The first-order valence-electron chi connectivity index (χ1n) is 7.60. The maximum Gasteiger partial charge on any atom is 0.125 e. The molecule has 1 N–H and O–H groups in total. The number of hydrogen-bond acceptors (Lipinski definition) is 3. The Morgan fingerprint density at radius 2 is 2.25 bits per heavy atom. The van der Waals surface area contributed by atoms with Gasteiger partial charge in [-0.2, -0.15) is 0 Å². The Morgan fingerprint density at radius 3 is 3.05 bits per heavy atom. The largest absolute Gasteiger partial charge is 0.493 e. The zero-order valence-electron chi connectivity index (χ0n) is 12.1. The summed E-state index contributed by atoms with van der Waals surface area (Å²) < 4.78 is 6.96. The predicted molar refractivity (Wildman–Crippen MR) is 85.3 cm³/mol. The van der Waals surface area contributed by atoms with Gasteiger partial charge in [-0.3, -0.25) is 0 Å². The lowest BCUT2D eigenvalue weighted by Gasteiger charge is -2.24. The molecule has 0 bridgehead atoms. The van der Waals surface area contributed by atoms with E-state index in [9.17, 15) is 0 Å². The normalized spacial score (nSPS) is 26.9. The minimum atomic E-state index is 0.426. The predicted octanol–water partition coefficient (Wildman–Crippen LogP) is 3.35. The molecule has 0 amide bonds. The summed E-state index contributed by atoms with van der Waals surface area (Å²) in [5, 5.41) is 3.77. The number of nitrogens with zero attached hydrogens (tertiary/aromatic N) is 1. The average Bonchev–Trinajstić information content (AvgIpc) is 2.73. The summed E-state index contributed by atoms with van der Waals surface area (Å²) in [6.45, 7) is 3.14. The van der Waals surface area contributed by atoms with E-state index in [1.165, 1.54) is 24.9 Å². The zero-order valence-corrected chi connectivity index (χ0v) is 13.7. The number of likely N-dealkylation sites (tertiary alicyclic amines) is 1. The summed E-state index contributed by atoms with van der Waals surface area (Å²) in [4.78, 5) is 2.47. The van der Waals surface area contributed by atoms with Gasteiger partial charge in [-0.1, -0.05) is 22.0 Å². The van der Waals surface area contributed by atoms with Crippen LogP contribution in [0.25, 0.3) is 0 Å². The summed E-state index contributed by atoms with van der Waals surface area (Å²) >= 11 is 3.53. The maximum atomic E-state index is 5.87. The fourth-order valence-corrected chi connectivity index (χ4v) is 3.61. The van der Waals surface area contributed by atoms with E-state index in [2.05, 4.69) is 51.4 Å². The van der Waals surface area contributed by atoms with Gasteiger partial charge in [-0.05, 0) is 51.4 Å². The van der Waals surface area contributed by atoms with Crippen molar-refractivity contribution in [2.45, 2.75) is 37.8 Å². The van der Waals surface area contributed by atoms with Crippen LogP contribution in [0.1, 0.15) is 37.3 Å². The van der Waals surface area contributed by atoms with Crippen LogP contribution in [0.4, 0.5) is 0 Å². The van der Waals surface area contributed by atoms with E-state index in [1.807, 2.05) is 0 Å². The van der Waals surface area contributed by atoms with Crippen molar-refractivity contribution in [1.82, 2.24) is 10.2 Å². The summed E-state index contributed by atoms with van der Waals surface area (Å²) in [5.41, 5.74) is 1.31. The van der Waals surface area contributed by atoms with Gasteiger partial charge in [0.15, 0.2) is 0 Å². The standard InChI is InChI=1S/C16H23BrN2O/c1-19-8-2-4-13(19)11-18-15-5-3-9-20-16-10-12(17)6-7-14(15)16/h6-7,10,13,15,18H,2-5,8-9,11H2,1H3. The molecule has 1 aromatic rings. The molecule has 3 rings (SSSR count). The Bertz CT molecular complexity index is 466. The third-order valence-corrected chi connectivity index (χ3v) is 5.01. The highest BCUT2D eigenvalue weighted by Crippen LogP contribution is 2.33. The van der Waals surface area contributed by atoms with Crippen molar-refractivity contribution < 1.29 is 4.74 Å². The van der Waals surface area contributed by atoms with Gasteiger partial charge in [-0.25, -0.2) is 0 Å². The Kier molecular flexibility index (Phi) is 4.64. The SMILES string of the molecule is CN1CCCC1CNC1CCCOc2cc(Br)ccc21. The first-order chi connectivity index (χ1) is 9.74. The van der Waals surface area contributed by atoms with Crippen molar-refractivity contribution in [3.05, 3.63) is 28.2 Å². The lowest BCUT2D eigenvalue weighted by atomic mass is 10.0. The van der Waals surface area contributed by atoms with Gasteiger partial charge >= 0.3 is 0 Å². The quantitative estimate of drug-likeness (QED) is 0.914. The third-order valence-electron chi connectivity index (χ3n) is 4.52. The van der Waals surface area contributed by atoms with E-state index in [1.54, 1.807) is 0 Å². The van der Waals surface area contributed by atoms with Crippen molar-refractivity contribution in [3.63, 3.8) is 0 Å². The molecular formula is C16H23BrN2O. The van der Waals surface area contributed by atoms with E-state index in [-0.39, 0.29) is 0 Å². The Labute approximate surface area is 129 Å². The molecule has 110 valence electrons. The molecule has 0 aromatic heterocycles. The average molecular weight is 339 g/mol. The number of likely N-dealkylation sites (N-methyl/N-ethyl adjacent to an activating group) is 1. The second kappa shape index (κ2) is 6.46. The molecule has 0 radical (unpaired) electrons. The third kappa shape index (κ3) is 3.18. The molecule has 2 heterocycles. The molecule has 4 heteroatoms. The highest BCUT2D eigenvalue weighted by Gasteiger charge is 2.24. The van der Waals surface area contributed by atoms with Gasteiger partial charge in [0.05, 0.1) is 6.61 Å². The highest BCUT2D eigenvalue weighted by molar-refractivity contribution is 9.10. The number of fused-ring (bicyclic) bond motifs is 1. The minimum Gasteiger partial charge on any atom is -0.493 e. The van der Waals surface area contributed by atoms with Crippen molar-refractivity contribution in [2.24, 2.45) is 0 Å². The molecule has 20 heavy (non-hydrogen) atoms. The van der Waals surface area contributed by atoms with Gasteiger partial charge in [-0.15, -0.1) is 0 Å². The van der Waals surface area contributed by atoms with Crippen LogP contribution in [-0.2, 0) is 0 Å². The van der Waals surface area contributed by atoms with E-state index in [0.717, 1.165) is 36.2 Å². The molecule has 0 aliphatic carbocycles. The van der Waals surface area contributed by atoms with Crippen molar-refractivity contribution >= 4 is 15.9 Å². The Hall–Kier alpha value is -0.580. The van der Waals surface area contributed by atoms with Crippen LogP contribution < -0.4 is 10.1 Å². The molecule has 1 fully saturated rings. The zero-order chi connectivity index (χ0) is 13.9. The van der Waals surface area contributed by atoms with Crippen molar-refractivity contribution in [3.8, 4) is 5.75 Å². The fraction of sp³-hybridized carbons (Fsp3) is 0.625. The van der Waals surface area contributed by atoms with Gasteiger partial charge in [0, 0.05) is 28.7 Å². The number of rotatable bonds is 3. The summed E-state index contributed by atoms with van der Waals surface area (Å²) in [6, 6.07) is 7.52. The van der Waals surface area contributed by atoms with Crippen LogP contribution >= 0.6 is 15.9 Å². The van der Waals surface area contributed by atoms with E-state index in [4.69, 9.17) is 4.74 Å². The van der Waals surface area contributed by atoms with E-state index < -0.39 is 0 Å². The molecule has 2 unspecified atom stereocenters. The van der Waals surface area contributed by atoms with Gasteiger partial charge < -0.3 is 15.0 Å². The summed E-state index contributed by atoms with van der Waals surface area (Å²) in [5.74, 6) is 1.04. The van der Waals surface area contributed by atoms with Crippen LogP contribution in [0.15, 0.2) is 22.7 Å². The molecule has 2 aliphatic heterocycles. The van der Waals surface area contributed by atoms with Crippen molar-refractivity contribution in [2.75, 3.05) is 26.7 Å². The van der Waals surface area contributed by atoms with Gasteiger partial charge in [0.25, 0.3) is 0 Å². The molecular weight excluding hydrogens is 316 g/mol. The lowest BCUT2D eigenvalue weighted by Crippen LogP contribution is -2.37. The Morgan fingerprint density at radius 1 is 1.35 bits per heavy atom. The number of hydrogen-bond donors (Lipinski definition) is 1. The van der Waals surface area contributed by atoms with Crippen LogP contribution in [0.5, 0.6) is 5.75 Å². The summed E-state index contributed by atoms with van der Waals surface area (Å²) in [6.07, 6.45) is 4.93. The Balaban J connectivity index is 1.70. The van der Waals surface area contributed by atoms with Crippen molar-refractivity contribution in [1.29, 1.82) is 0 Å². The number of nitrogens with one attached hydrogen (secondary N) is 1. The van der Waals surface area contributed by atoms with Gasteiger partial charge in [0.1, 0.15) is 5.75 Å². The summed E-state index contributed by atoms with van der Waals surface area (Å²) in [7, 11) is 2.24. The molecule has 3 nitrogen and oxygen atoms in total. The first kappa shape index (κ1) is 14.4. The monoisotopic (exact) mass is 338 g/mol. The number of benzene rings is 1. The minimum absolute atomic E-state index is 0.426. The number of halogens is 1. The van der Waals surface area contributed by atoms with E-state index in [0.29, 0.717) is 12.1 Å². The molecule has 0 saturated carbocycles.